The van der Waals surface area contributed by atoms with Crippen molar-refractivity contribution in [3.8, 4) is 0 Å². The lowest BCUT2D eigenvalue weighted by Gasteiger charge is -2.19. The summed E-state index contributed by atoms with van der Waals surface area (Å²) in [6.07, 6.45) is 3.25. The first kappa shape index (κ1) is 12.8. The molecule has 0 aliphatic heterocycles. The average molecular weight is 229 g/mol. The molecule has 0 heterocycles. The number of alkyl carbamates (subject to hydrolysis) is 1. The third-order valence-corrected chi connectivity index (χ3v) is 2.78. The third-order valence-electron chi connectivity index (χ3n) is 2.78. The van der Waals surface area contributed by atoms with Crippen LogP contribution in [0.1, 0.15) is 39.5 Å². The van der Waals surface area contributed by atoms with Crippen LogP contribution in [0.15, 0.2) is 0 Å². The number of ether oxygens (including phenoxy) is 1. The number of carbonyl (C=O) groups is 2. The molecule has 0 aromatic rings. The molecule has 1 amide bonds. The SMILES string of the molecule is CC(C)C(NC(=O)OC1CCCC1)C(=O)O. The van der Waals surface area contributed by atoms with Crippen LogP contribution in [-0.4, -0.2) is 29.3 Å². The molecule has 0 aromatic heterocycles. The van der Waals surface area contributed by atoms with Crippen molar-refractivity contribution >= 4 is 12.1 Å². The molecule has 0 spiro atoms. The number of aliphatic carboxylic acids is 1. The Morgan fingerprint density at radius 1 is 1.31 bits per heavy atom. The van der Waals surface area contributed by atoms with Crippen LogP contribution in [0.3, 0.4) is 0 Å². The second-order valence-corrected chi connectivity index (χ2v) is 4.52. The predicted octanol–water partition coefficient (Wildman–Crippen LogP) is 1.76. The van der Waals surface area contributed by atoms with Crippen LogP contribution in [0.4, 0.5) is 4.79 Å². The van der Waals surface area contributed by atoms with E-state index in [2.05, 4.69) is 5.32 Å². The van der Waals surface area contributed by atoms with Gasteiger partial charge in [-0.05, 0) is 31.6 Å². The number of carboxylic acid groups (broad SMARTS) is 1. The fraction of sp³-hybridized carbons (Fsp3) is 0.818. The molecule has 1 saturated carbocycles. The number of hydrogen-bond acceptors (Lipinski definition) is 3. The number of rotatable bonds is 4. The summed E-state index contributed by atoms with van der Waals surface area (Å²) in [4.78, 5) is 22.3. The molecule has 0 aromatic carbocycles. The van der Waals surface area contributed by atoms with Crippen molar-refractivity contribution in [3.05, 3.63) is 0 Å². The number of hydrogen-bond donors (Lipinski definition) is 2. The molecule has 16 heavy (non-hydrogen) atoms. The monoisotopic (exact) mass is 229 g/mol. The fourth-order valence-corrected chi connectivity index (χ4v) is 1.83. The summed E-state index contributed by atoms with van der Waals surface area (Å²) in [6.45, 7) is 3.49. The van der Waals surface area contributed by atoms with Crippen molar-refractivity contribution in [1.29, 1.82) is 0 Å². The Kier molecular flexibility index (Phi) is 4.58. The Morgan fingerprint density at radius 2 is 1.88 bits per heavy atom. The number of nitrogens with one attached hydrogen (secondary N) is 1. The van der Waals surface area contributed by atoms with Crippen LogP contribution < -0.4 is 5.32 Å². The Morgan fingerprint density at radius 3 is 2.31 bits per heavy atom. The lowest BCUT2D eigenvalue weighted by molar-refractivity contribution is -0.140. The van der Waals surface area contributed by atoms with Gasteiger partial charge in [0.05, 0.1) is 0 Å². The molecule has 1 aliphatic carbocycles. The van der Waals surface area contributed by atoms with Gasteiger partial charge in [-0.1, -0.05) is 13.8 Å². The summed E-state index contributed by atoms with van der Waals surface area (Å²) in [6, 6.07) is -0.881. The maximum atomic E-state index is 11.4. The summed E-state index contributed by atoms with van der Waals surface area (Å²) in [7, 11) is 0. The summed E-state index contributed by atoms with van der Waals surface area (Å²) in [5.74, 6) is -1.19. The molecule has 92 valence electrons. The molecule has 5 heteroatoms. The zero-order chi connectivity index (χ0) is 12.1. The van der Waals surface area contributed by atoms with Gasteiger partial charge in [0.15, 0.2) is 0 Å². The Balaban J connectivity index is 2.38. The van der Waals surface area contributed by atoms with Crippen LogP contribution in [-0.2, 0) is 9.53 Å². The number of carbonyl (C=O) groups excluding carboxylic acids is 1. The zero-order valence-corrected chi connectivity index (χ0v) is 9.73. The maximum absolute atomic E-state index is 11.4. The topological polar surface area (TPSA) is 75.6 Å². The highest BCUT2D eigenvalue weighted by Crippen LogP contribution is 2.21. The van der Waals surface area contributed by atoms with E-state index in [-0.39, 0.29) is 12.0 Å². The molecular formula is C11H19NO4. The predicted molar refractivity (Wildman–Crippen MR) is 58.1 cm³/mol. The van der Waals surface area contributed by atoms with Gasteiger partial charge in [0.25, 0.3) is 0 Å². The van der Waals surface area contributed by atoms with E-state index in [9.17, 15) is 9.59 Å². The smallest absolute Gasteiger partial charge is 0.408 e. The van der Waals surface area contributed by atoms with Gasteiger partial charge >= 0.3 is 12.1 Å². The van der Waals surface area contributed by atoms with Gasteiger partial charge in [-0.3, -0.25) is 0 Å². The summed E-state index contributed by atoms with van der Waals surface area (Å²) < 4.78 is 5.13. The van der Waals surface area contributed by atoms with Gasteiger partial charge in [-0.15, -0.1) is 0 Å². The standard InChI is InChI=1S/C11H19NO4/c1-7(2)9(10(13)14)12-11(15)16-8-5-3-4-6-8/h7-9H,3-6H2,1-2H3,(H,12,15)(H,13,14). The van der Waals surface area contributed by atoms with E-state index >= 15 is 0 Å². The van der Waals surface area contributed by atoms with Crippen molar-refractivity contribution in [2.24, 2.45) is 5.92 Å². The Hall–Kier alpha value is -1.26. The average Bonchev–Trinajstić information content (AvgIpc) is 2.65. The van der Waals surface area contributed by atoms with E-state index in [1.54, 1.807) is 13.8 Å². The highest BCUT2D eigenvalue weighted by atomic mass is 16.6. The minimum atomic E-state index is -1.03. The van der Waals surface area contributed by atoms with Crippen LogP contribution in [0.5, 0.6) is 0 Å². The molecule has 0 bridgehead atoms. The van der Waals surface area contributed by atoms with Crippen LogP contribution in [0, 0.1) is 5.92 Å². The molecule has 1 fully saturated rings. The minimum absolute atomic E-state index is 0.0402. The molecular weight excluding hydrogens is 210 g/mol. The van der Waals surface area contributed by atoms with Crippen molar-refractivity contribution in [2.45, 2.75) is 51.7 Å². The first-order chi connectivity index (χ1) is 7.50. The van der Waals surface area contributed by atoms with Gasteiger partial charge in [-0.25, -0.2) is 9.59 Å². The second-order valence-electron chi connectivity index (χ2n) is 4.52. The van der Waals surface area contributed by atoms with E-state index in [1.807, 2.05) is 0 Å². The van der Waals surface area contributed by atoms with Crippen molar-refractivity contribution < 1.29 is 19.4 Å². The molecule has 1 atom stereocenters. The van der Waals surface area contributed by atoms with Crippen LogP contribution in [0.2, 0.25) is 0 Å². The van der Waals surface area contributed by atoms with Gasteiger partial charge in [-0.2, -0.15) is 0 Å². The van der Waals surface area contributed by atoms with E-state index in [4.69, 9.17) is 9.84 Å². The van der Waals surface area contributed by atoms with Crippen LogP contribution >= 0.6 is 0 Å². The van der Waals surface area contributed by atoms with Crippen LogP contribution in [0.25, 0.3) is 0 Å². The highest BCUT2D eigenvalue weighted by molar-refractivity contribution is 5.80. The van der Waals surface area contributed by atoms with E-state index in [0.717, 1.165) is 25.7 Å². The van der Waals surface area contributed by atoms with Crippen molar-refractivity contribution in [3.63, 3.8) is 0 Å². The third kappa shape index (κ3) is 3.72. The van der Waals surface area contributed by atoms with Gasteiger partial charge in [0.1, 0.15) is 12.1 Å². The summed E-state index contributed by atoms with van der Waals surface area (Å²) in [5, 5.41) is 11.3. The molecule has 5 nitrogen and oxygen atoms in total. The van der Waals surface area contributed by atoms with Gasteiger partial charge in [0, 0.05) is 0 Å². The quantitative estimate of drug-likeness (QED) is 0.770. The van der Waals surface area contributed by atoms with Gasteiger partial charge in [0.2, 0.25) is 0 Å². The highest BCUT2D eigenvalue weighted by Gasteiger charge is 2.26. The van der Waals surface area contributed by atoms with E-state index < -0.39 is 18.1 Å². The molecule has 0 radical (unpaired) electrons. The second kappa shape index (κ2) is 5.72. The van der Waals surface area contributed by atoms with Crippen molar-refractivity contribution in [1.82, 2.24) is 5.32 Å². The largest absolute Gasteiger partial charge is 0.480 e. The normalized spacial score (nSPS) is 18.4. The minimum Gasteiger partial charge on any atom is -0.480 e. The Bertz CT molecular complexity index is 259. The Labute approximate surface area is 95.2 Å². The zero-order valence-electron chi connectivity index (χ0n) is 9.73. The molecule has 1 aliphatic rings. The first-order valence-corrected chi connectivity index (χ1v) is 5.70. The van der Waals surface area contributed by atoms with E-state index in [0.29, 0.717) is 0 Å². The summed E-state index contributed by atoms with van der Waals surface area (Å²) >= 11 is 0. The molecule has 1 unspecified atom stereocenters. The molecule has 2 N–H and O–H groups in total. The molecule has 1 rings (SSSR count). The summed E-state index contributed by atoms with van der Waals surface area (Å²) in [5.41, 5.74) is 0. The first-order valence-electron chi connectivity index (χ1n) is 5.70. The van der Waals surface area contributed by atoms with Crippen molar-refractivity contribution in [2.75, 3.05) is 0 Å². The fourth-order valence-electron chi connectivity index (χ4n) is 1.83. The van der Waals surface area contributed by atoms with E-state index in [1.165, 1.54) is 0 Å². The molecule has 0 saturated heterocycles. The van der Waals surface area contributed by atoms with Gasteiger partial charge < -0.3 is 15.2 Å². The number of carboxylic acids is 1. The lowest BCUT2D eigenvalue weighted by atomic mass is 10.1. The number of amides is 1. The lowest BCUT2D eigenvalue weighted by Crippen LogP contribution is -2.45. The maximum Gasteiger partial charge on any atom is 0.408 e.